The summed E-state index contributed by atoms with van der Waals surface area (Å²) in [5.74, 6) is 0. The fourth-order valence-corrected chi connectivity index (χ4v) is 3.12. The van der Waals surface area contributed by atoms with Gasteiger partial charge in [0.05, 0.1) is 4.75 Å². The number of hydrogen-bond acceptors (Lipinski definition) is 2. The summed E-state index contributed by atoms with van der Waals surface area (Å²) in [5.41, 5.74) is 0. The van der Waals surface area contributed by atoms with Crippen molar-refractivity contribution in [1.29, 1.82) is 0 Å². The van der Waals surface area contributed by atoms with Gasteiger partial charge in [-0.2, -0.15) is 0 Å². The summed E-state index contributed by atoms with van der Waals surface area (Å²) in [6.45, 7) is 5.18. The van der Waals surface area contributed by atoms with Crippen LogP contribution in [-0.2, 0) is 10.0 Å². The molecule has 1 N–H and O–H groups in total. The highest BCUT2D eigenvalue weighted by Crippen LogP contribution is 2.26. The Morgan fingerprint density at radius 3 is 2.00 bits per heavy atom. The van der Waals surface area contributed by atoms with E-state index in [1.165, 1.54) is 0 Å². The van der Waals surface area contributed by atoms with Gasteiger partial charge in [-0.25, -0.2) is 13.1 Å². The van der Waals surface area contributed by atoms with Crippen LogP contribution in [0.3, 0.4) is 0 Å². The molecular formula is C10H20BrNO2S. The second kappa shape index (κ2) is 4.72. The molecule has 0 aliphatic heterocycles. The van der Waals surface area contributed by atoms with Gasteiger partial charge in [0.25, 0.3) is 0 Å². The summed E-state index contributed by atoms with van der Waals surface area (Å²) in [4.78, 5) is 0.563. The van der Waals surface area contributed by atoms with Crippen LogP contribution in [0.5, 0.6) is 0 Å². The van der Waals surface area contributed by atoms with E-state index in [-0.39, 0.29) is 6.04 Å². The second-order valence-electron chi connectivity index (χ2n) is 5.18. The molecule has 1 fully saturated rings. The van der Waals surface area contributed by atoms with Crippen molar-refractivity contribution in [1.82, 2.24) is 4.72 Å². The van der Waals surface area contributed by atoms with E-state index in [4.69, 9.17) is 0 Å². The predicted molar refractivity (Wildman–Crippen MR) is 66.8 cm³/mol. The summed E-state index contributed by atoms with van der Waals surface area (Å²) in [5, 5.41) is 0. The lowest BCUT2D eigenvalue weighted by atomic mass is 9.96. The first-order valence-corrected chi connectivity index (χ1v) is 7.78. The largest absolute Gasteiger partial charge is 0.216 e. The monoisotopic (exact) mass is 297 g/mol. The minimum Gasteiger partial charge on any atom is -0.212 e. The van der Waals surface area contributed by atoms with Gasteiger partial charge in [0.2, 0.25) is 10.0 Å². The molecule has 0 atom stereocenters. The zero-order valence-corrected chi connectivity index (χ0v) is 12.0. The highest BCUT2D eigenvalue weighted by molar-refractivity contribution is 9.09. The van der Waals surface area contributed by atoms with Gasteiger partial charge in [0, 0.05) is 10.9 Å². The summed E-state index contributed by atoms with van der Waals surface area (Å²) in [7, 11) is -3.18. The van der Waals surface area contributed by atoms with Crippen LogP contribution in [0.2, 0.25) is 0 Å². The molecule has 0 spiro atoms. The highest BCUT2D eigenvalue weighted by atomic mass is 79.9. The normalized spacial score (nSPS) is 29.1. The van der Waals surface area contributed by atoms with Crippen molar-refractivity contribution in [3.63, 3.8) is 0 Å². The summed E-state index contributed by atoms with van der Waals surface area (Å²) >= 11 is 3.56. The number of rotatable bonds is 2. The number of alkyl halides is 1. The molecule has 0 unspecified atom stereocenters. The third-order valence-electron chi connectivity index (χ3n) is 2.78. The Hall–Kier alpha value is 0.390. The SMILES string of the molecule is CC(C)(C)S(=O)(=O)NC1CCC(Br)CC1. The lowest BCUT2D eigenvalue weighted by molar-refractivity contribution is 0.417. The zero-order chi connectivity index (χ0) is 11.7. The molecule has 0 heterocycles. The van der Waals surface area contributed by atoms with Gasteiger partial charge in [-0.3, -0.25) is 0 Å². The van der Waals surface area contributed by atoms with E-state index >= 15 is 0 Å². The number of halogens is 1. The van der Waals surface area contributed by atoms with Crippen molar-refractivity contribution in [2.45, 2.75) is 62.1 Å². The van der Waals surface area contributed by atoms with Crippen LogP contribution in [0.4, 0.5) is 0 Å². The smallest absolute Gasteiger partial charge is 0.212 e. The lowest BCUT2D eigenvalue weighted by Crippen LogP contribution is -2.45. The van der Waals surface area contributed by atoms with E-state index in [9.17, 15) is 8.42 Å². The minimum atomic E-state index is -3.18. The third-order valence-corrected chi connectivity index (χ3v) is 5.96. The predicted octanol–water partition coefficient (Wildman–Crippen LogP) is 2.41. The van der Waals surface area contributed by atoms with Crippen molar-refractivity contribution < 1.29 is 8.42 Å². The standard InChI is InChI=1S/C10H20BrNO2S/c1-10(2,3)15(13,14)12-9-6-4-8(11)5-7-9/h8-9,12H,4-7H2,1-3H3. The van der Waals surface area contributed by atoms with E-state index in [0.717, 1.165) is 25.7 Å². The summed E-state index contributed by atoms with van der Waals surface area (Å²) in [6.07, 6.45) is 3.98. The van der Waals surface area contributed by atoms with Crippen LogP contribution >= 0.6 is 15.9 Å². The summed E-state index contributed by atoms with van der Waals surface area (Å²) < 4.78 is 25.9. The van der Waals surface area contributed by atoms with E-state index in [2.05, 4.69) is 20.7 Å². The zero-order valence-electron chi connectivity index (χ0n) is 9.59. The fourth-order valence-electron chi connectivity index (χ4n) is 1.57. The van der Waals surface area contributed by atoms with Crippen LogP contribution in [0.25, 0.3) is 0 Å². The first-order chi connectivity index (χ1) is 6.72. The molecular weight excluding hydrogens is 278 g/mol. The van der Waals surface area contributed by atoms with Crippen molar-refractivity contribution in [2.75, 3.05) is 0 Å². The Bertz CT molecular complexity index is 300. The maximum Gasteiger partial charge on any atom is 0.216 e. The molecule has 1 saturated carbocycles. The third kappa shape index (κ3) is 3.71. The molecule has 15 heavy (non-hydrogen) atoms. The Morgan fingerprint density at radius 2 is 1.60 bits per heavy atom. The van der Waals surface area contributed by atoms with Crippen molar-refractivity contribution in [3.05, 3.63) is 0 Å². The van der Waals surface area contributed by atoms with Crippen LogP contribution in [0.1, 0.15) is 46.5 Å². The second-order valence-corrected chi connectivity index (χ2v) is 8.94. The molecule has 0 bridgehead atoms. The van der Waals surface area contributed by atoms with E-state index < -0.39 is 14.8 Å². The van der Waals surface area contributed by atoms with Gasteiger partial charge in [-0.15, -0.1) is 0 Å². The molecule has 0 saturated heterocycles. The van der Waals surface area contributed by atoms with Crippen molar-refractivity contribution >= 4 is 26.0 Å². The number of nitrogens with one attached hydrogen (secondary N) is 1. The number of hydrogen-bond donors (Lipinski definition) is 1. The van der Waals surface area contributed by atoms with Gasteiger partial charge < -0.3 is 0 Å². The van der Waals surface area contributed by atoms with Crippen LogP contribution in [0.15, 0.2) is 0 Å². The molecule has 0 aromatic rings. The van der Waals surface area contributed by atoms with Crippen molar-refractivity contribution in [3.8, 4) is 0 Å². The van der Waals surface area contributed by atoms with E-state index in [1.807, 2.05) is 0 Å². The number of sulfonamides is 1. The quantitative estimate of drug-likeness (QED) is 0.796. The van der Waals surface area contributed by atoms with Crippen LogP contribution < -0.4 is 4.72 Å². The molecule has 1 rings (SSSR count). The Labute approximate surface area is 101 Å². The highest BCUT2D eigenvalue weighted by Gasteiger charge is 2.32. The average molecular weight is 298 g/mol. The average Bonchev–Trinajstić information content (AvgIpc) is 2.06. The Morgan fingerprint density at radius 1 is 1.13 bits per heavy atom. The van der Waals surface area contributed by atoms with Gasteiger partial charge >= 0.3 is 0 Å². The lowest BCUT2D eigenvalue weighted by Gasteiger charge is -2.29. The van der Waals surface area contributed by atoms with E-state index in [1.54, 1.807) is 20.8 Å². The maximum absolute atomic E-state index is 11.9. The van der Waals surface area contributed by atoms with Gasteiger partial charge in [0.15, 0.2) is 0 Å². The van der Waals surface area contributed by atoms with Crippen molar-refractivity contribution in [2.24, 2.45) is 0 Å². The first kappa shape index (κ1) is 13.5. The molecule has 1 aliphatic rings. The molecule has 1 aliphatic carbocycles. The molecule has 3 nitrogen and oxygen atoms in total. The first-order valence-electron chi connectivity index (χ1n) is 5.38. The molecule has 0 amide bonds. The maximum atomic E-state index is 11.9. The van der Waals surface area contributed by atoms with Crippen LogP contribution in [0, 0.1) is 0 Å². The van der Waals surface area contributed by atoms with Gasteiger partial charge in [0.1, 0.15) is 0 Å². The fraction of sp³-hybridized carbons (Fsp3) is 1.00. The minimum absolute atomic E-state index is 0.128. The van der Waals surface area contributed by atoms with E-state index in [0.29, 0.717) is 4.83 Å². The Kier molecular flexibility index (Phi) is 4.23. The topological polar surface area (TPSA) is 46.2 Å². The molecule has 0 aromatic heterocycles. The van der Waals surface area contributed by atoms with Crippen LogP contribution in [-0.4, -0.2) is 24.0 Å². The Balaban J connectivity index is 2.56. The van der Waals surface area contributed by atoms with Gasteiger partial charge in [-0.1, -0.05) is 15.9 Å². The molecule has 0 aromatic carbocycles. The van der Waals surface area contributed by atoms with Gasteiger partial charge in [-0.05, 0) is 46.5 Å². The summed E-state index contributed by atoms with van der Waals surface area (Å²) in [6, 6.07) is 0.128. The molecule has 5 heteroatoms. The molecule has 0 radical (unpaired) electrons. The molecule has 90 valence electrons.